The molecule has 0 fully saturated rings. The third kappa shape index (κ3) is 2.54. The molecule has 0 heterocycles. The van der Waals surface area contributed by atoms with E-state index in [-0.39, 0.29) is 0 Å². The van der Waals surface area contributed by atoms with E-state index in [9.17, 15) is 8.42 Å². The second kappa shape index (κ2) is 2.70. The highest BCUT2D eigenvalue weighted by molar-refractivity contribution is 8.11. The molecule has 0 spiro atoms. The summed E-state index contributed by atoms with van der Waals surface area (Å²) >= 11 is 1.09. The minimum atomic E-state index is -3.79. The van der Waals surface area contributed by atoms with Gasteiger partial charge in [-0.25, -0.2) is 0 Å². The highest BCUT2D eigenvalue weighted by Crippen LogP contribution is 2.10. The molecular formula is C3H8O3S2. The van der Waals surface area contributed by atoms with Crippen LogP contribution in [0.1, 0.15) is 6.92 Å². The van der Waals surface area contributed by atoms with Crippen LogP contribution in [0.4, 0.5) is 0 Å². The van der Waals surface area contributed by atoms with E-state index in [0.29, 0.717) is 0 Å². The summed E-state index contributed by atoms with van der Waals surface area (Å²) in [5.41, 5.74) is 0. The Hall–Kier alpha value is 0.260. The van der Waals surface area contributed by atoms with Crippen LogP contribution in [0.15, 0.2) is 0 Å². The Kier molecular flexibility index (Phi) is 2.79. The SMILES string of the molecule is CSC(C)S(=O)(=O)O. The molecule has 8 heavy (non-hydrogen) atoms. The Labute approximate surface area is 53.2 Å². The van der Waals surface area contributed by atoms with Crippen molar-refractivity contribution in [3.63, 3.8) is 0 Å². The van der Waals surface area contributed by atoms with Crippen LogP contribution in [0.2, 0.25) is 0 Å². The lowest BCUT2D eigenvalue weighted by Gasteiger charge is -2.00. The summed E-state index contributed by atoms with van der Waals surface area (Å²) in [5.74, 6) is 0. The molecule has 0 saturated carbocycles. The van der Waals surface area contributed by atoms with Crippen LogP contribution in [-0.4, -0.2) is 23.8 Å². The van der Waals surface area contributed by atoms with Crippen molar-refractivity contribution in [2.24, 2.45) is 0 Å². The summed E-state index contributed by atoms with van der Waals surface area (Å²) in [6, 6.07) is 0. The van der Waals surface area contributed by atoms with Gasteiger partial charge in [-0.15, -0.1) is 11.8 Å². The van der Waals surface area contributed by atoms with Gasteiger partial charge >= 0.3 is 0 Å². The predicted molar refractivity (Wildman–Crippen MR) is 34.5 cm³/mol. The molecule has 0 amide bonds. The molecule has 0 saturated heterocycles. The van der Waals surface area contributed by atoms with Crippen molar-refractivity contribution < 1.29 is 13.0 Å². The maximum atomic E-state index is 10.1. The van der Waals surface area contributed by atoms with Crippen LogP contribution in [0.5, 0.6) is 0 Å². The predicted octanol–water partition coefficient (Wildman–Crippen LogP) is 0.583. The zero-order valence-corrected chi connectivity index (χ0v) is 6.29. The standard InChI is InChI=1S/C3H8O3S2/c1-3(7-2)8(4,5)6/h3H,1-2H3,(H,4,5,6). The van der Waals surface area contributed by atoms with Crippen LogP contribution >= 0.6 is 11.8 Å². The molecule has 0 aliphatic carbocycles. The molecular weight excluding hydrogens is 148 g/mol. The summed E-state index contributed by atoms with van der Waals surface area (Å²) in [6.07, 6.45) is 1.62. The minimum Gasteiger partial charge on any atom is -0.285 e. The first kappa shape index (κ1) is 8.26. The number of thioether (sulfide) groups is 1. The van der Waals surface area contributed by atoms with Crippen molar-refractivity contribution in [2.45, 2.75) is 11.5 Å². The van der Waals surface area contributed by atoms with E-state index in [0.717, 1.165) is 11.8 Å². The molecule has 50 valence electrons. The van der Waals surface area contributed by atoms with Gasteiger partial charge in [-0.3, -0.25) is 4.55 Å². The molecule has 0 aromatic rings. The zero-order chi connectivity index (χ0) is 6.78. The lowest BCUT2D eigenvalue weighted by Crippen LogP contribution is -2.11. The van der Waals surface area contributed by atoms with E-state index in [1.165, 1.54) is 6.92 Å². The van der Waals surface area contributed by atoms with Crippen LogP contribution in [0.3, 0.4) is 0 Å². The van der Waals surface area contributed by atoms with Gasteiger partial charge < -0.3 is 0 Å². The van der Waals surface area contributed by atoms with E-state index < -0.39 is 14.7 Å². The summed E-state index contributed by atoms with van der Waals surface area (Å²) in [7, 11) is -3.79. The number of rotatable bonds is 2. The molecule has 1 atom stereocenters. The van der Waals surface area contributed by atoms with Crippen molar-refractivity contribution in [3.05, 3.63) is 0 Å². The van der Waals surface area contributed by atoms with Gasteiger partial charge in [0.25, 0.3) is 10.1 Å². The van der Waals surface area contributed by atoms with Crippen LogP contribution in [0.25, 0.3) is 0 Å². The van der Waals surface area contributed by atoms with Crippen molar-refractivity contribution in [1.29, 1.82) is 0 Å². The number of hydrogen-bond acceptors (Lipinski definition) is 3. The molecule has 0 aromatic heterocycles. The summed E-state index contributed by atoms with van der Waals surface area (Å²) in [5, 5.41) is 0. The first-order chi connectivity index (χ1) is 3.48. The lowest BCUT2D eigenvalue weighted by atomic mass is 11.0. The van der Waals surface area contributed by atoms with E-state index in [1.807, 2.05) is 0 Å². The molecule has 0 radical (unpaired) electrons. The van der Waals surface area contributed by atoms with E-state index in [2.05, 4.69) is 0 Å². The van der Waals surface area contributed by atoms with Crippen molar-refractivity contribution in [3.8, 4) is 0 Å². The molecule has 5 heteroatoms. The topological polar surface area (TPSA) is 54.4 Å². The molecule has 0 rings (SSSR count). The van der Waals surface area contributed by atoms with Gasteiger partial charge in [-0.05, 0) is 13.2 Å². The largest absolute Gasteiger partial charge is 0.285 e. The second-order valence-corrected chi connectivity index (χ2v) is 4.53. The van der Waals surface area contributed by atoms with Gasteiger partial charge in [0.05, 0.1) is 0 Å². The van der Waals surface area contributed by atoms with Crippen LogP contribution < -0.4 is 0 Å². The average Bonchev–Trinajstić information content (AvgIpc) is 1.62. The second-order valence-electron chi connectivity index (χ2n) is 1.32. The summed E-state index contributed by atoms with van der Waals surface area (Å²) < 4.78 is 27.7. The molecule has 0 aliphatic rings. The summed E-state index contributed by atoms with van der Waals surface area (Å²) in [4.78, 5) is 0. The quantitative estimate of drug-likeness (QED) is 0.594. The van der Waals surface area contributed by atoms with Gasteiger partial charge in [0, 0.05) is 0 Å². The maximum Gasteiger partial charge on any atom is 0.276 e. The van der Waals surface area contributed by atoms with E-state index in [1.54, 1.807) is 6.26 Å². The third-order valence-electron chi connectivity index (χ3n) is 0.751. The van der Waals surface area contributed by atoms with Gasteiger partial charge in [0.2, 0.25) is 0 Å². The summed E-state index contributed by atoms with van der Waals surface area (Å²) in [6.45, 7) is 1.43. The molecule has 0 aliphatic heterocycles. The monoisotopic (exact) mass is 156 g/mol. The van der Waals surface area contributed by atoms with E-state index >= 15 is 0 Å². The van der Waals surface area contributed by atoms with E-state index in [4.69, 9.17) is 4.55 Å². The highest BCUT2D eigenvalue weighted by atomic mass is 32.3. The van der Waals surface area contributed by atoms with Gasteiger partial charge in [-0.2, -0.15) is 8.42 Å². The smallest absolute Gasteiger partial charge is 0.276 e. The Balaban J connectivity index is 4.04. The molecule has 0 aromatic carbocycles. The van der Waals surface area contributed by atoms with Gasteiger partial charge in [0.15, 0.2) is 0 Å². The Morgan fingerprint density at radius 3 is 2.00 bits per heavy atom. The lowest BCUT2D eigenvalue weighted by molar-refractivity contribution is 0.482. The highest BCUT2D eigenvalue weighted by Gasteiger charge is 2.13. The van der Waals surface area contributed by atoms with Crippen molar-refractivity contribution in [2.75, 3.05) is 6.26 Å². The first-order valence-corrected chi connectivity index (χ1v) is 4.76. The Morgan fingerprint density at radius 1 is 1.62 bits per heavy atom. The third-order valence-corrected chi connectivity index (χ3v) is 3.56. The average molecular weight is 156 g/mol. The zero-order valence-electron chi connectivity index (χ0n) is 4.66. The Bertz CT molecular complexity index is 148. The van der Waals surface area contributed by atoms with Crippen molar-refractivity contribution >= 4 is 21.9 Å². The normalized spacial score (nSPS) is 15.9. The molecule has 0 bridgehead atoms. The maximum absolute atomic E-state index is 10.1. The van der Waals surface area contributed by atoms with Gasteiger partial charge in [0.1, 0.15) is 4.58 Å². The molecule has 3 nitrogen and oxygen atoms in total. The van der Waals surface area contributed by atoms with Crippen LogP contribution in [-0.2, 0) is 10.1 Å². The molecule has 1 unspecified atom stereocenters. The fraction of sp³-hybridized carbons (Fsp3) is 1.00. The minimum absolute atomic E-state index is 0.706. The number of hydrogen-bond donors (Lipinski definition) is 1. The molecule has 1 N–H and O–H groups in total. The fourth-order valence-electron chi connectivity index (χ4n) is 0.122. The van der Waals surface area contributed by atoms with Crippen LogP contribution in [0, 0.1) is 0 Å². The Morgan fingerprint density at radius 2 is 2.00 bits per heavy atom. The fourth-order valence-corrected chi connectivity index (χ4v) is 1.09. The van der Waals surface area contributed by atoms with Gasteiger partial charge in [-0.1, -0.05) is 0 Å². The first-order valence-electron chi connectivity index (χ1n) is 1.97. The van der Waals surface area contributed by atoms with Crippen molar-refractivity contribution in [1.82, 2.24) is 0 Å².